The second-order valence-corrected chi connectivity index (χ2v) is 8.22. The van der Waals surface area contributed by atoms with E-state index in [-0.39, 0.29) is 30.9 Å². The number of ether oxygens (including phenoxy) is 1. The number of hydroxylamine groups is 1. The fourth-order valence-corrected chi connectivity index (χ4v) is 3.79. The first kappa shape index (κ1) is 26.6. The van der Waals surface area contributed by atoms with Crippen molar-refractivity contribution in [1.29, 1.82) is 0 Å². The van der Waals surface area contributed by atoms with E-state index in [4.69, 9.17) is 4.74 Å². The van der Waals surface area contributed by atoms with Gasteiger partial charge in [-0.05, 0) is 54.1 Å². The Morgan fingerprint density at radius 2 is 1.79 bits per heavy atom. The number of anilines is 1. The molecule has 2 N–H and O–H groups in total. The third kappa shape index (κ3) is 6.09. The molecule has 0 bridgehead atoms. The highest BCUT2D eigenvalue weighted by molar-refractivity contribution is 5.77. The van der Waals surface area contributed by atoms with Crippen molar-refractivity contribution in [1.82, 2.24) is 20.0 Å². The molecule has 9 nitrogen and oxygen atoms in total. The molecule has 2 heterocycles. The van der Waals surface area contributed by atoms with E-state index >= 15 is 0 Å². The van der Waals surface area contributed by atoms with Gasteiger partial charge in [0.25, 0.3) is 5.56 Å². The van der Waals surface area contributed by atoms with Crippen LogP contribution in [-0.4, -0.2) is 34.7 Å². The predicted octanol–water partition coefficient (Wildman–Crippen LogP) is 4.17. The Hall–Kier alpha value is -4.45. The van der Waals surface area contributed by atoms with Crippen LogP contribution < -0.4 is 21.1 Å². The van der Waals surface area contributed by atoms with Crippen molar-refractivity contribution in [3.8, 4) is 17.0 Å². The molecule has 0 atom stereocenters. The Labute approximate surface area is 215 Å². The number of carbonyl (C=O) groups excluding carboxylic acids is 1. The van der Waals surface area contributed by atoms with Crippen LogP contribution in [0.2, 0.25) is 0 Å². The van der Waals surface area contributed by atoms with Crippen molar-refractivity contribution < 1.29 is 27.5 Å². The van der Waals surface area contributed by atoms with Gasteiger partial charge in [0.2, 0.25) is 5.91 Å². The van der Waals surface area contributed by atoms with Gasteiger partial charge >= 0.3 is 6.18 Å². The number of hydrogen-bond acceptors (Lipinski definition) is 7. The Bertz CT molecular complexity index is 1500. The van der Waals surface area contributed by atoms with Gasteiger partial charge in [0.1, 0.15) is 22.8 Å². The van der Waals surface area contributed by atoms with Gasteiger partial charge < -0.3 is 10.1 Å². The number of nitrogens with one attached hydrogen (secondary N) is 2. The molecule has 2 aromatic heterocycles. The summed E-state index contributed by atoms with van der Waals surface area (Å²) in [6.45, 7) is 0.0561. The summed E-state index contributed by atoms with van der Waals surface area (Å²) in [6.07, 6.45) is -4.52. The number of halogens is 3. The van der Waals surface area contributed by atoms with Crippen LogP contribution in [0.25, 0.3) is 22.4 Å². The first-order valence-electron chi connectivity index (χ1n) is 11.5. The molecule has 38 heavy (non-hydrogen) atoms. The van der Waals surface area contributed by atoms with Gasteiger partial charge in [-0.25, -0.2) is 15.4 Å². The van der Waals surface area contributed by atoms with Crippen LogP contribution in [0.1, 0.15) is 17.5 Å². The molecule has 0 saturated heterocycles. The molecule has 0 unspecified atom stereocenters. The lowest BCUT2D eigenvalue weighted by Crippen LogP contribution is -2.28. The molecule has 0 aliphatic carbocycles. The first-order chi connectivity index (χ1) is 18.2. The fourth-order valence-electron chi connectivity index (χ4n) is 3.79. The molecule has 4 rings (SSSR count). The molecule has 4 aromatic rings. The maximum atomic E-state index is 13.5. The van der Waals surface area contributed by atoms with E-state index < -0.39 is 23.2 Å². The number of methoxy groups -OCH3 is 1. The smallest absolute Gasteiger partial charge is 0.416 e. The average molecular weight is 528 g/mol. The number of hydrogen-bond donors (Lipinski definition) is 2. The summed E-state index contributed by atoms with van der Waals surface area (Å²) in [4.78, 5) is 39.1. The number of pyridine rings is 1. The standard InChI is InChI=1S/C26H24F3N5O4/c1-37-19-8-6-17(7-9-19)23-25(36)34(13-12-22(35)33-38-2)24-20(31-23)10-11-21(32-24)30-15-16-4-3-5-18(14-16)26(27,28)29/h3-11,14H,12-13,15H2,1-2H3,(H,30,32)(H,33,35). The largest absolute Gasteiger partial charge is 0.497 e. The molecular formula is C26H24F3N5O4. The Kier molecular flexibility index (Phi) is 7.91. The maximum absolute atomic E-state index is 13.5. The van der Waals surface area contributed by atoms with E-state index in [0.717, 1.165) is 12.1 Å². The van der Waals surface area contributed by atoms with E-state index in [9.17, 15) is 22.8 Å². The summed E-state index contributed by atoms with van der Waals surface area (Å²) in [5.41, 5.74) is 2.74. The van der Waals surface area contributed by atoms with Gasteiger partial charge in [-0.3, -0.25) is 19.0 Å². The van der Waals surface area contributed by atoms with E-state index in [1.165, 1.54) is 24.9 Å². The Morgan fingerprint density at radius 3 is 2.47 bits per heavy atom. The molecule has 0 radical (unpaired) electrons. The average Bonchev–Trinajstić information content (AvgIpc) is 2.91. The zero-order chi connectivity index (χ0) is 27.3. The normalized spacial score (nSPS) is 11.4. The maximum Gasteiger partial charge on any atom is 0.416 e. The molecule has 0 saturated carbocycles. The van der Waals surface area contributed by atoms with E-state index in [0.29, 0.717) is 28.2 Å². The van der Waals surface area contributed by atoms with Gasteiger partial charge in [0.05, 0.1) is 19.8 Å². The van der Waals surface area contributed by atoms with Crippen LogP contribution >= 0.6 is 0 Å². The second-order valence-electron chi connectivity index (χ2n) is 8.22. The molecule has 198 valence electrons. The van der Waals surface area contributed by atoms with Crippen LogP contribution in [0.4, 0.5) is 19.0 Å². The van der Waals surface area contributed by atoms with Crippen molar-refractivity contribution in [2.45, 2.75) is 25.7 Å². The van der Waals surface area contributed by atoms with E-state index in [2.05, 4.69) is 25.6 Å². The highest BCUT2D eigenvalue weighted by atomic mass is 19.4. The van der Waals surface area contributed by atoms with Crippen molar-refractivity contribution in [3.05, 3.63) is 82.1 Å². The third-order valence-corrected chi connectivity index (χ3v) is 5.66. The minimum atomic E-state index is -4.45. The van der Waals surface area contributed by atoms with Crippen LogP contribution in [0.3, 0.4) is 0 Å². The minimum Gasteiger partial charge on any atom is -0.497 e. The molecule has 1 amide bonds. The Balaban J connectivity index is 1.70. The molecule has 0 fully saturated rings. The number of fused-ring (bicyclic) bond motifs is 1. The number of alkyl halides is 3. The van der Waals surface area contributed by atoms with Crippen LogP contribution in [0.5, 0.6) is 5.75 Å². The number of aryl methyl sites for hydroxylation is 1. The molecule has 0 spiro atoms. The summed E-state index contributed by atoms with van der Waals surface area (Å²) in [5, 5.41) is 2.99. The van der Waals surface area contributed by atoms with Gasteiger partial charge in [-0.2, -0.15) is 13.2 Å². The number of benzene rings is 2. The van der Waals surface area contributed by atoms with Crippen molar-refractivity contribution >= 4 is 22.9 Å². The Morgan fingerprint density at radius 1 is 1.03 bits per heavy atom. The quantitative estimate of drug-likeness (QED) is 0.315. The van der Waals surface area contributed by atoms with E-state index in [1.807, 2.05) is 0 Å². The molecule has 0 aliphatic heterocycles. The third-order valence-electron chi connectivity index (χ3n) is 5.66. The van der Waals surface area contributed by atoms with Crippen LogP contribution in [0, 0.1) is 0 Å². The second kappa shape index (κ2) is 11.3. The first-order valence-corrected chi connectivity index (χ1v) is 11.5. The summed E-state index contributed by atoms with van der Waals surface area (Å²) in [7, 11) is 2.84. The van der Waals surface area contributed by atoms with Crippen LogP contribution in [0.15, 0.2) is 65.5 Å². The number of carbonyl (C=O) groups is 1. The van der Waals surface area contributed by atoms with E-state index in [1.54, 1.807) is 42.5 Å². The summed E-state index contributed by atoms with van der Waals surface area (Å²) in [6, 6.07) is 15.0. The molecular weight excluding hydrogens is 503 g/mol. The SMILES string of the molecule is CONC(=O)CCn1c(=O)c(-c2ccc(OC)cc2)nc2ccc(NCc3cccc(C(F)(F)F)c3)nc21. The molecule has 12 heteroatoms. The lowest BCUT2D eigenvalue weighted by atomic mass is 10.1. The zero-order valence-electron chi connectivity index (χ0n) is 20.5. The lowest BCUT2D eigenvalue weighted by molar-refractivity contribution is -0.137. The highest BCUT2D eigenvalue weighted by Crippen LogP contribution is 2.29. The van der Waals surface area contributed by atoms with Crippen LogP contribution in [-0.2, 0) is 28.9 Å². The van der Waals surface area contributed by atoms with Gasteiger partial charge in [-0.1, -0.05) is 12.1 Å². The number of amides is 1. The topological polar surface area (TPSA) is 107 Å². The van der Waals surface area contributed by atoms with Gasteiger partial charge in [-0.15, -0.1) is 0 Å². The highest BCUT2D eigenvalue weighted by Gasteiger charge is 2.30. The minimum absolute atomic E-state index is 0.0136. The number of aromatic nitrogens is 3. The summed E-state index contributed by atoms with van der Waals surface area (Å²) >= 11 is 0. The fraction of sp³-hybridized carbons (Fsp3) is 0.231. The molecule has 0 aliphatic rings. The number of nitrogens with zero attached hydrogens (tertiary/aromatic N) is 3. The van der Waals surface area contributed by atoms with Gasteiger partial charge in [0, 0.05) is 25.1 Å². The monoisotopic (exact) mass is 527 g/mol. The van der Waals surface area contributed by atoms with Crippen molar-refractivity contribution in [3.63, 3.8) is 0 Å². The lowest BCUT2D eigenvalue weighted by Gasteiger charge is -2.14. The van der Waals surface area contributed by atoms with Crippen molar-refractivity contribution in [2.24, 2.45) is 0 Å². The van der Waals surface area contributed by atoms with Gasteiger partial charge in [0.15, 0.2) is 5.65 Å². The van der Waals surface area contributed by atoms with Crippen molar-refractivity contribution in [2.75, 3.05) is 19.5 Å². The predicted molar refractivity (Wildman–Crippen MR) is 134 cm³/mol. The summed E-state index contributed by atoms with van der Waals surface area (Å²) < 4.78 is 45.6. The summed E-state index contributed by atoms with van der Waals surface area (Å²) in [5.74, 6) is 0.502. The molecule has 2 aromatic carbocycles. The zero-order valence-corrected chi connectivity index (χ0v) is 20.5. The number of rotatable bonds is 9.